The van der Waals surface area contributed by atoms with Crippen LogP contribution in [-0.2, 0) is 9.84 Å². The van der Waals surface area contributed by atoms with Crippen molar-refractivity contribution in [3.05, 3.63) is 35.4 Å². The van der Waals surface area contributed by atoms with Crippen LogP contribution in [-0.4, -0.2) is 19.9 Å². The van der Waals surface area contributed by atoms with Gasteiger partial charge in [-0.15, -0.1) is 0 Å². The van der Waals surface area contributed by atoms with E-state index in [1.807, 2.05) is 0 Å². The Kier molecular flexibility index (Phi) is 3.18. The van der Waals surface area contributed by atoms with Crippen LogP contribution in [0, 0.1) is 17.6 Å². The second kappa shape index (κ2) is 4.34. The quantitative estimate of drug-likeness (QED) is 0.875. The maximum atomic E-state index is 13.5. The summed E-state index contributed by atoms with van der Waals surface area (Å²) in [5, 5.41) is 0. The van der Waals surface area contributed by atoms with Crippen LogP contribution in [0.15, 0.2) is 18.2 Å². The van der Waals surface area contributed by atoms with E-state index >= 15 is 0 Å². The van der Waals surface area contributed by atoms with E-state index in [0.717, 1.165) is 6.07 Å². The average molecular weight is 261 g/mol. The van der Waals surface area contributed by atoms with Crippen LogP contribution >= 0.6 is 0 Å². The molecular formula is C11H13F2NO2S. The van der Waals surface area contributed by atoms with E-state index in [2.05, 4.69) is 0 Å². The summed E-state index contributed by atoms with van der Waals surface area (Å²) in [6.45, 7) is 0. The molecule has 0 bridgehead atoms. The van der Waals surface area contributed by atoms with Crippen molar-refractivity contribution in [2.75, 3.05) is 11.5 Å². The highest BCUT2D eigenvalue weighted by Gasteiger charge is 2.33. The summed E-state index contributed by atoms with van der Waals surface area (Å²) < 4.78 is 49.1. The third-order valence-corrected chi connectivity index (χ3v) is 4.91. The fraction of sp³-hybridized carbons (Fsp3) is 0.455. The smallest absolute Gasteiger partial charge is 0.163 e. The molecule has 1 aromatic carbocycles. The van der Waals surface area contributed by atoms with Crippen molar-refractivity contribution >= 4 is 9.84 Å². The zero-order valence-corrected chi connectivity index (χ0v) is 9.88. The molecule has 3 nitrogen and oxygen atoms in total. The largest absolute Gasteiger partial charge is 0.324 e. The minimum Gasteiger partial charge on any atom is -0.324 e. The Bertz CT molecular complexity index is 530. The topological polar surface area (TPSA) is 60.2 Å². The Hall–Kier alpha value is -1.01. The first-order valence-corrected chi connectivity index (χ1v) is 7.13. The SMILES string of the molecule is NC(c1cccc(F)c1F)C1CCS(=O)(=O)C1. The molecule has 0 radical (unpaired) electrons. The number of benzene rings is 1. The van der Waals surface area contributed by atoms with Gasteiger partial charge in [0, 0.05) is 11.6 Å². The number of hydrogen-bond acceptors (Lipinski definition) is 3. The number of halogens is 2. The molecule has 0 aliphatic carbocycles. The van der Waals surface area contributed by atoms with Crippen molar-refractivity contribution < 1.29 is 17.2 Å². The van der Waals surface area contributed by atoms with Crippen molar-refractivity contribution in [3.63, 3.8) is 0 Å². The van der Waals surface area contributed by atoms with Gasteiger partial charge in [-0.2, -0.15) is 0 Å². The average Bonchev–Trinajstić information content (AvgIpc) is 2.62. The molecule has 0 aromatic heterocycles. The highest BCUT2D eigenvalue weighted by atomic mass is 32.2. The first kappa shape index (κ1) is 12.4. The Morgan fingerprint density at radius 1 is 1.35 bits per heavy atom. The van der Waals surface area contributed by atoms with E-state index in [1.165, 1.54) is 12.1 Å². The second-order valence-electron chi connectivity index (χ2n) is 4.33. The van der Waals surface area contributed by atoms with Crippen LogP contribution < -0.4 is 5.73 Å². The van der Waals surface area contributed by atoms with Gasteiger partial charge in [-0.25, -0.2) is 17.2 Å². The van der Waals surface area contributed by atoms with Crippen molar-refractivity contribution in [1.29, 1.82) is 0 Å². The normalized spacial score (nSPS) is 24.8. The molecule has 1 saturated heterocycles. The summed E-state index contributed by atoms with van der Waals surface area (Å²) in [6.07, 6.45) is 0.402. The van der Waals surface area contributed by atoms with E-state index in [-0.39, 0.29) is 23.0 Å². The maximum absolute atomic E-state index is 13.5. The summed E-state index contributed by atoms with van der Waals surface area (Å²) in [5.41, 5.74) is 5.87. The van der Waals surface area contributed by atoms with Crippen molar-refractivity contribution in [2.45, 2.75) is 12.5 Å². The Balaban J connectivity index is 2.26. The lowest BCUT2D eigenvalue weighted by molar-refractivity contribution is 0.437. The highest BCUT2D eigenvalue weighted by molar-refractivity contribution is 7.91. The van der Waals surface area contributed by atoms with E-state index in [9.17, 15) is 17.2 Å². The monoisotopic (exact) mass is 261 g/mol. The fourth-order valence-electron chi connectivity index (χ4n) is 2.14. The molecule has 2 rings (SSSR count). The van der Waals surface area contributed by atoms with Gasteiger partial charge < -0.3 is 5.73 Å². The zero-order valence-electron chi connectivity index (χ0n) is 9.07. The van der Waals surface area contributed by atoms with Gasteiger partial charge in [-0.3, -0.25) is 0 Å². The molecule has 0 saturated carbocycles. The molecule has 2 N–H and O–H groups in total. The molecule has 1 aromatic rings. The molecule has 1 aliphatic rings. The van der Waals surface area contributed by atoms with Crippen LogP contribution in [0.2, 0.25) is 0 Å². The highest BCUT2D eigenvalue weighted by Crippen LogP contribution is 2.31. The number of sulfone groups is 1. The van der Waals surface area contributed by atoms with Gasteiger partial charge in [0.2, 0.25) is 0 Å². The number of rotatable bonds is 2. The lowest BCUT2D eigenvalue weighted by Crippen LogP contribution is -2.23. The molecule has 2 atom stereocenters. The van der Waals surface area contributed by atoms with E-state index in [1.54, 1.807) is 0 Å². The third-order valence-electron chi connectivity index (χ3n) is 3.12. The van der Waals surface area contributed by atoms with Crippen LogP contribution in [0.3, 0.4) is 0 Å². The van der Waals surface area contributed by atoms with Crippen LogP contribution in [0.25, 0.3) is 0 Å². The van der Waals surface area contributed by atoms with Gasteiger partial charge in [0.25, 0.3) is 0 Å². The Morgan fingerprint density at radius 3 is 2.65 bits per heavy atom. The van der Waals surface area contributed by atoms with Crippen LogP contribution in [0.4, 0.5) is 8.78 Å². The minimum absolute atomic E-state index is 0.0482. The molecule has 1 aliphatic heterocycles. The van der Waals surface area contributed by atoms with Crippen LogP contribution in [0.5, 0.6) is 0 Å². The van der Waals surface area contributed by atoms with Crippen molar-refractivity contribution in [1.82, 2.24) is 0 Å². The summed E-state index contributed by atoms with van der Waals surface area (Å²) >= 11 is 0. The van der Waals surface area contributed by atoms with Gasteiger partial charge >= 0.3 is 0 Å². The molecular weight excluding hydrogens is 248 g/mol. The standard InChI is InChI=1S/C11H13F2NO2S/c12-9-3-1-2-8(10(9)13)11(14)7-4-5-17(15,16)6-7/h1-3,7,11H,4-6,14H2. The molecule has 17 heavy (non-hydrogen) atoms. The second-order valence-corrected chi connectivity index (χ2v) is 6.56. The van der Waals surface area contributed by atoms with Gasteiger partial charge in [0.15, 0.2) is 21.5 Å². The lowest BCUT2D eigenvalue weighted by atomic mass is 9.93. The summed E-state index contributed by atoms with van der Waals surface area (Å²) in [5.74, 6) is -2.26. The summed E-state index contributed by atoms with van der Waals surface area (Å²) in [4.78, 5) is 0. The van der Waals surface area contributed by atoms with E-state index < -0.39 is 27.5 Å². The van der Waals surface area contributed by atoms with Gasteiger partial charge in [-0.1, -0.05) is 12.1 Å². The third kappa shape index (κ3) is 2.47. The number of hydrogen-bond donors (Lipinski definition) is 1. The van der Waals surface area contributed by atoms with Gasteiger partial charge in [-0.05, 0) is 18.4 Å². The van der Waals surface area contributed by atoms with E-state index in [0.29, 0.717) is 6.42 Å². The predicted octanol–water partition coefficient (Wildman–Crippen LogP) is 1.40. The molecule has 94 valence electrons. The summed E-state index contributed by atoms with van der Waals surface area (Å²) in [6, 6.07) is 3.00. The van der Waals surface area contributed by atoms with Crippen LogP contribution in [0.1, 0.15) is 18.0 Å². The fourth-order valence-corrected chi connectivity index (χ4v) is 3.99. The Morgan fingerprint density at radius 2 is 2.06 bits per heavy atom. The maximum Gasteiger partial charge on any atom is 0.163 e. The van der Waals surface area contributed by atoms with E-state index in [4.69, 9.17) is 5.73 Å². The molecule has 6 heteroatoms. The predicted molar refractivity (Wildman–Crippen MR) is 60.0 cm³/mol. The first-order valence-electron chi connectivity index (χ1n) is 5.30. The lowest BCUT2D eigenvalue weighted by Gasteiger charge is -2.18. The van der Waals surface area contributed by atoms with Crippen molar-refractivity contribution in [2.24, 2.45) is 11.7 Å². The molecule has 1 heterocycles. The first-order chi connectivity index (χ1) is 7.91. The zero-order chi connectivity index (χ0) is 12.6. The molecule has 1 fully saturated rings. The molecule has 2 unspecified atom stereocenters. The van der Waals surface area contributed by atoms with Gasteiger partial charge in [0.05, 0.1) is 11.5 Å². The summed E-state index contributed by atoms with van der Waals surface area (Å²) in [7, 11) is -3.07. The Labute approximate surface area is 98.5 Å². The van der Waals surface area contributed by atoms with Gasteiger partial charge in [0.1, 0.15) is 0 Å². The van der Waals surface area contributed by atoms with Crippen molar-refractivity contribution in [3.8, 4) is 0 Å². The molecule has 0 amide bonds. The molecule has 0 spiro atoms. The minimum atomic E-state index is -3.07. The number of nitrogens with two attached hydrogens (primary N) is 1.